The van der Waals surface area contributed by atoms with Crippen molar-refractivity contribution in [1.29, 1.82) is 0 Å². The molecule has 0 saturated heterocycles. The van der Waals surface area contributed by atoms with Gasteiger partial charge in [0, 0.05) is 11.1 Å². The summed E-state index contributed by atoms with van der Waals surface area (Å²) in [7, 11) is 1.57. The second-order valence-electron chi connectivity index (χ2n) is 6.41. The van der Waals surface area contributed by atoms with Crippen molar-refractivity contribution in [2.45, 2.75) is 12.5 Å². The van der Waals surface area contributed by atoms with Crippen molar-refractivity contribution in [1.82, 2.24) is 9.78 Å². The molecule has 2 N–H and O–H groups in total. The zero-order valence-electron chi connectivity index (χ0n) is 15.3. The second kappa shape index (κ2) is 7.77. The molecule has 0 fully saturated rings. The zero-order valence-corrected chi connectivity index (χ0v) is 16.8. The lowest BCUT2D eigenvalue weighted by Gasteiger charge is -2.25. The number of aromatic nitrogens is 2. The number of benzene rings is 2. The quantitative estimate of drug-likeness (QED) is 0.642. The van der Waals surface area contributed by atoms with Gasteiger partial charge in [0.05, 0.1) is 35.5 Å². The van der Waals surface area contributed by atoms with E-state index in [1.54, 1.807) is 31.5 Å². The van der Waals surface area contributed by atoms with E-state index in [1.165, 1.54) is 4.68 Å². The van der Waals surface area contributed by atoms with Crippen LogP contribution >= 0.6 is 23.2 Å². The van der Waals surface area contributed by atoms with Crippen LogP contribution in [0, 0.1) is 0 Å². The van der Waals surface area contributed by atoms with E-state index in [0.717, 1.165) is 5.56 Å². The Kier molecular flexibility index (Phi) is 5.17. The standard InChI is InChI=1S/C20H16Cl2N4O3/c1-29-16-8-3-2-5-11(16)12-10-23-26-15(9-17(27)25-19(12)26)20(28)24-14-7-4-6-13(21)18(14)22/h2-8,10,15H,9H2,1H3,(H,24,28)(H,25,27)/t15-/m0/s1. The van der Waals surface area contributed by atoms with E-state index in [4.69, 9.17) is 27.9 Å². The van der Waals surface area contributed by atoms with Crippen molar-refractivity contribution in [3.63, 3.8) is 0 Å². The third-order valence-electron chi connectivity index (χ3n) is 4.64. The fourth-order valence-electron chi connectivity index (χ4n) is 3.25. The highest BCUT2D eigenvalue weighted by atomic mass is 35.5. The molecule has 4 rings (SSSR count). The predicted molar refractivity (Wildman–Crippen MR) is 112 cm³/mol. The number of methoxy groups -OCH3 is 1. The van der Waals surface area contributed by atoms with E-state index in [-0.39, 0.29) is 17.4 Å². The van der Waals surface area contributed by atoms with E-state index in [0.29, 0.717) is 27.8 Å². The Labute approximate surface area is 176 Å². The average Bonchev–Trinajstić information content (AvgIpc) is 3.14. The second-order valence-corrected chi connectivity index (χ2v) is 7.20. The van der Waals surface area contributed by atoms with Gasteiger partial charge in [-0.15, -0.1) is 0 Å². The Hall–Kier alpha value is -3.03. The number of carbonyl (C=O) groups is 2. The summed E-state index contributed by atoms with van der Waals surface area (Å²) in [6.07, 6.45) is 1.55. The molecule has 0 saturated carbocycles. The maximum absolute atomic E-state index is 12.9. The predicted octanol–water partition coefficient (Wildman–Crippen LogP) is 4.39. The number of nitrogens with zero attached hydrogens (tertiary/aromatic N) is 2. The third kappa shape index (κ3) is 3.54. The van der Waals surface area contributed by atoms with E-state index in [1.807, 2.05) is 24.3 Å². The summed E-state index contributed by atoms with van der Waals surface area (Å²) in [6.45, 7) is 0. The lowest BCUT2D eigenvalue weighted by molar-refractivity contribution is -0.125. The molecule has 0 spiro atoms. The molecule has 0 bridgehead atoms. The first-order valence-electron chi connectivity index (χ1n) is 8.75. The molecule has 0 aliphatic carbocycles. The molecule has 7 nitrogen and oxygen atoms in total. The zero-order chi connectivity index (χ0) is 20.5. The van der Waals surface area contributed by atoms with Crippen LogP contribution in [0.3, 0.4) is 0 Å². The van der Waals surface area contributed by atoms with Crippen LogP contribution in [0.5, 0.6) is 5.75 Å². The van der Waals surface area contributed by atoms with Crippen molar-refractivity contribution in [2.24, 2.45) is 0 Å². The molecule has 2 amide bonds. The van der Waals surface area contributed by atoms with Crippen LogP contribution in [0.4, 0.5) is 11.5 Å². The Morgan fingerprint density at radius 1 is 1.21 bits per heavy atom. The maximum atomic E-state index is 12.9. The van der Waals surface area contributed by atoms with Crippen LogP contribution in [-0.2, 0) is 9.59 Å². The van der Waals surface area contributed by atoms with Crippen molar-refractivity contribution in [3.8, 4) is 16.9 Å². The largest absolute Gasteiger partial charge is 0.496 e. The van der Waals surface area contributed by atoms with Crippen LogP contribution in [0.2, 0.25) is 10.0 Å². The van der Waals surface area contributed by atoms with Gasteiger partial charge < -0.3 is 15.4 Å². The Morgan fingerprint density at radius 2 is 2.00 bits per heavy atom. The number of fused-ring (bicyclic) bond motifs is 1. The summed E-state index contributed by atoms with van der Waals surface area (Å²) in [5.74, 6) is 0.365. The number of anilines is 2. The molecule has 29 heavy (non-hydrogen) atoms. The number of hydrogen-bond donors (Lipinski definition) is 2. The van der Waals surface area contributed by atoms with E-state index in [2.05, 4.69) is 15.7 Å². The van der Waals surface area contributed by atoms with Gasteiger partial charge in [-0.25, -0.2) is 4.68 Å². The molecular weight excluding hydrogens is 415 g/mol. The van der Waals surface area contributed by atoms with Crippen molar-refractivity contribution in [2.75, 3.05) is 17.7 Å². The molecule has 1 atom stereocenters. The number of halogens is 2. The van der Waals surface area contributed by atoms with E-state index in [9.17, 15) is 9.59 Å². The number of para-hydroxylation sites is 1. The number of rotatable bonds is 4. The monoisotopic (exact) mass is 430 g/mol. The normalized spacial score (nSPS) is 15.4. The number of ether oxygens (including phenoxy) is 1. The molecule has 3 aromatic rings. The third-order valence-corrected chi connectivity index (χ3v) is 5.46. The fourth-order valence-corrected chi connectivity index (χ4v) is 3.60. The van der Waals surface area contributed by atoms with Gasteiger partial charge in [-0.3, -0.25) is 9.59 Å². The van der Waals surface area contributed by atoms with Gasteiger partial charge in [0.15, 0.2) is 0 Å². The van der Waals surface area contributed by atoms with Crippen LogP contribution in [0.15, 0.2) is 48.7 Å². The van der Waals surface area contributed by atoms with Crippen molar-refractivity contribution < 1.29 is 14.3 Å². The topological polar surface area (TPSA) is 85.2 Å². The number of hydrogen-bond acceptors (Lipinski definition) is 4. The average molecular weight is 431 g/mol. The van der Waals surface area contributed by atoms with Gasteiger partial charge in [-0.1, -0.05) is 47.5 Å². The molecule has 0 radical (unpaired) electrons. The van der Waals surface area contributed by atoms with E-state index < -0.39 is 11.9 Å². The van der Waals surface area contributed by atoms with Crippen LogP contribution < -0.4 is 15.4 Å². The molecular formula is C20H16Cl2N4O3. The molecule has 2 aromatic carbocycles. The van der Waals surface area contributed by atoms with Gasteiger partial charge in [-0.05, 0) is 18.2 Å². The first kappa shape index (κ1) is 19.3. The summed E-state index contributed by atoms with van der Waals surface area (Å²) >= 11 is 12.2. The molecule has 0 unspecified atom stereocenters. The lowest BCUT2D eigenvalue weighted by Crippen LogP contribution is -2.35. The molecule has 148 valence electrons. The Balaban J connectivity index is 1.70. The van der Waals surface area contributed by atoms with Crippen LogP contribution in [0.25, 0.3) is 11.1 Å². The van der Waals surface area contributed by atoms with E-state index >= 15 is 0 Å². The van der Waals surface area contributed by atoms with Gasteiger partial charge in [0.2, 0.25) is 11.8 Å². The highest BCUT2D eigenvalue weighted by Crippen LogP contribution is 2.39. The number of amides is 2. The van der Waals surface area contributed by atoms with Gasteiger partial charge in [0.25, 0.3) is 0 Å². The van der Waals surface area contributed by atoms with Gasteiger partial charge in [0.1, 0.15) is 17.6 Å². The molecule has 1 aliphatic rings. The summed E-state index contributed by atoms with van der Waals surface area (Å²) < 4.78 is 6.91. The van der Waals surface area contributed by atoms with Crippen LogP contribution in [0.1, 0.15) is 12.5 Å². The van der Waals surface area contributed by atoms with Crippen molar-refractivity contribution in [3.05, 3.63) is 58.7 Å². The van der Waals surface area contributed by atoms with Crippen LogP contribution in [-0.4, -0.2) is 28.7 Å². The summed E-state index contributed by atoms with van der Waals surface area (Å²) in [5.41, 5.74) is 1.79. The van der Waals surface area contributed by atoms with Gasteiger partial charge >= 0.3 is 0 Å². The first-order chi connectivity index (χ1) is 14.0. The minimum atomic E-state index is -0.836. The summed E-state index contributed by atoms with van der Waals surface area (Å²) in [4.78, 5) is 25.3. The number of carbonyl (C=O) groups excluding carboxylic acids is 2. The molecule has 2 heterocycles. The van der Waals surface area contributed by atoms with Crippen molar-refractivity contribution >= 4 is 46.5 Å². The molecule has 1 aromatic heterocycles. The Bertz CT molecular complexity index is 1110. The minimum Gasteiger partial charge on any atom is -0.496 e. The smallest absolute Gasteiger partial charge is 0.249 e. The maximum Gasteiger partial charge on any atom is 0.249 e. The highest BCUT2D eigenvalue weighted by molar-refractivity contribution is 6.44. The molecule has 1 aliphatic heterocycles. The first-order valence-corrected chi connectivity index (χ1v) is 9.51. The highest BCUT2D eigenvalue weighted by Gasteiger charge is 2.34. The lowest BCUT2D eigenvalue weighted by atomic mass is 10.1. The SMILES string of the molecule is COc1ccccc1-c1cnn2c1NC(=O)C[C@H]2C(=O)Nc1cccc(Cl)c1Cl. The Morgan fingerprint density at radius 3 is 2.79 bits per heavy atom. The molecule has 9 heteroatoms. The fraction of sp³-hybridized carbons (Fsp3) is 0.150. The summed E-state index contributed by atoms with van der Waals surface area (Å²) in [5, 5.41) is 10.5. The van der Waals surface area contributed by atoms with Gasteiger partial charge in [-0.2, -0.15) is 5.10 Å². The minimum absolute atomic E-state index is 0.0515. The number of nitrogens with one attached hydrogen (secondary N) is 2. The summed E-state index contributed by atoms with van der Waals surface area (Å²) in [6, 6.07) is 11.5.